The third-order valence-electron chi connectivity index (χ3n) is 3.42. The van der Waals surface area contributed by atoms with E-state index in [1.54, 1.807) is 24.3 Å². The van der Waals surface area contributed by atoms with Crippen LogP contribution in [-0.4, -0.2) is 21.7 Å². The van der Waals surface area contributed by atoms with Gasteiger partial charge in [0.15, 0.2) is 0 Å². The van der Waals surface area contributed by atoms with Crippen molar-refractivity contribution in [1.82, 2.24) is 9.97 Å². The van der Waals surface area contributed by atoms with Crippen LogP contribution in [0.5, 0.6) is 0 Å². The number of aliphatic imine (C=N–C) groups is 1. The van der Waals surface area contributed by atoms with Gasteiger partial charge in [0, 0.05) is 17.3 Å². The molecule has 0 atom stereocenters. The minimum absolute atomic E-state index is 0.00964. The number of benzene rings is 1. The molecule has 0 fully saturated rings. The van der Waals surface area contributed by atoms with Crippen LogP contribution in [0.1, 0.15) is 16.1 Å². The molecule has 0 saturated carbocycles. The number of rotatable bonds is 3. The number of carbonyl (C=O) groups excluding carboxylic acids is 1. The summed E-state index contributed by atoms with van der Waals surface area (Å²) in [6, 6.07) is 9.86. The second-order valence-electron chi connectivity index (χ2n) is 5.07. The second kappa shape index (κ2) is 5.84. The number of primary amides is 1. The molecule has 0 aliphatic heterocycles. The molecule has 2 heterocycles. The van der Waals surface area contributed by atoms with E-state index in [1.165, 1.54) is 18.3 Å². The van der Waals surface area contributed by atoms with E-state index in [4.69, 9.17) is 17.2 Å². The number of aromatic amines is 1. The summed E-state index contributed by atoms with van der Waals surface area (Å²) >= 11 is 0. The summed E-state index contributed by atoms with van der Waals surface area (Å²) in [5, 5.41) is 0.754. The van der Waals surface area contributed by atoms with E-state index in [0.29, 0.717) is 11.2 Å². The number of fused-ring (bicyclic) bond motifs is 1. The van der Waals surface area contributed by atoms with E-state index in [9.17, 15) is 9.59 Å². The molecule has 7 N–H and O–H groups in total. The van der Waals surface area contributed by atoms with Gasteiger partial charge in [0.1, 0.15) is 17.1 Å². The fourth-order valence-corrected chi connectivity index (χ4v) is 2.27. The van der Waals surface area contributed by atoms with Crippen LogP contribution < -0.4 is 22.8 Å². The number of nitrogen functional groups attached to an aromatic ring is 1. The van der Waals surface area contributed by atoms with Gasteiger partial charge >= 0.3 is 0 Å². The third kappa shape index (κ3) is 2.80. The molecule has 0 bridgehead atoms. The minimum atomic E-state index is -0.595. The Bertz CT molecular complexity index is 1040. The van der Waals surface area contributed by atoms with Gasteiger partial charge in [0.2, 0.25) is 0 Å². The van der Waals surface area contributed by atoms with Gasteiger partial charge in [0.25, 0.3) is 11.5 Å². The van der Waals surface area contributed by atoms with Crippen molar-refractivity contribution in [3.63, 3.8) is 0 Å². The fraction of sp³-hybridized carbons (Fsp3) is 0. The minimum Gasteiger partial charge on any atom is -0.398 e. The van der Waals surface area contributed by atoms with Crippen LogP contribution in [0.4, 0.5) is 11.4 Å². The summed E-state index contributed by atoms with van der Waals surface area (Å²) in [5.74, 6) is -0.586. The van der Waals surface area contributed by atoms with Crippen LogP contribution in [0.15, 0.2) is 52.4 Å². The maximum absolute atomic E-state index is 11.8. The number of nitrogens with one attached hydrogen (secondary N) is 1. The van der Waals surface area contributed by atoms with Crippen molar-refractivity contribution in [2.45, 2.75) is 0 Å². The van der Waals surface area contributed by atoms with E-state index < -0.39 is 11.5 Å². The lowest BCUT2D eigenvalue weighted by atomic mass is 10.1. The lowest BCUT2D eigenvalue weighted by Crippen LogP contribution is -2.25. The number of nitrogens with two attached hydrogens (primary N) is 3. The standard InChI is InChI=1S/C16H14N6O2/c17-10-5-6-20-16(24)13(10)14(18)21-9-2-4-11-8(7-9)1-3-12(22-11)15(19)23/h1-7H,(H2,18,21)(H2,19,23)(H3,17,20,24). The number of carbonyl (C=O) groups is 1. The zero-order valence-electron chi connectivity index (χ0n) is 12.5. The van der Waals surface area contributed by atoms with E-state index in [1.807, 2.05) is 0 Å². The Morgan fingerprint density at radius 1 is 1.12 bits per heavy atom. The van der Waals surface area contributed by atoms with Crippen LogP contribution in [-0.2, 0) is 0 Å². The predicted octanol–water partition coefficient (Wildman–Crippen LogP) is 0.641. The average molecular weight is 322 g/mol. The van der Waals surface area contributed by atoms with Crippen LogP contribution in [0, 0.1) is 0 Å². The summed E-state index contributed by atoms with van der Waals surface area (Å²) in [7, 11) is 0. The highest BCUT2D eigenvalue weighted by molar-refractivity contribution is 6.03. The zero-order valence-corrected chi connectivity index (χ0v) is 12.5. The molecule has 1 aromatic carbocycles. The molecule has 0 radical (unpaired) electrons. The highest BCUT2D eigenvalue weighted by Gasteiger charge is 2.09. The number of nitrogens with zero attached hydrogens (tertiary/aromatic N) is 2. The SMILES string of the molecule is NC(=O)c1ccc2cc(N=C(N)c3c(N)cc[nH]c3=O)ccc2n1. The molecule has 2 aromatic heterocycles. The number of anilines is 1. The van der Waals surface area contributed by atoms with E-state index in [-0.39, 0.29) is 22.8 Å². The highest BCUT2D eigenvalue weighted by Crippen LogP contribution is 2.21. The topological polar surface area (TPSA) is 153 Å². The Hall–Kier alpha value is -3.68. The van der Waals surface area contributed by atoms with Crippen molar-refractivity contribution >= 4 is 34.0 Å². The van der Waals surface area contributed by atoms with Gasteiger partial charge < -0.3 is 22.2 Å². The predicted molar refractivity (Wildman–Crippen MR) is 92.1 cm³/mol. The Morgan fingerprint density at radius 3 is 2.62 bits per heavy atom. The van der Waals surface area contributed by atoms with E-state index >= 15 is 0 Å². The summed E-state index contributed by atoms with van der Waals surface area (Å²) in [6.45, 7) is 0. The summed E-state index contributed by atoms with van der Waals surface area (Å²) in [4.78, 5) is 33.9. The molecule has 120 valence electrons. The number of hydrogen-bond acceptors (Lipinski definition) is 5. The molecule has 0 unspecified atom stereocenters. The van der Waals surface area contributed by atoms with Crippen LogP contribution in [0.25, 0.3) is 10.9 Å². The second-order valence-corrected chi connectivity index (χ2v) is 5.07. The maximum Gasteiger partial charge on any atom is 0.267 e. The van der Waals surface area contributed by atoms with Gasteiger partial charge in [-0.25, -0.2) is 9.98 Å². The molecular formula is C16H14N6O2. The number of pyridine rings is 2. The number of aromatic nitrogens is 2. The van der Waals surface area contributed by atoms with Crippen molar-refractivity contribution in [1.29, 1.82) is 0 Å². The lowest BCUT2D eigenvalue weighted by Gasteiger charge is -2.05. The first-order valence-corrected chi connectivity index (χ1v) is 6.98. The normalized spacial score (nSPS) is 11.6. The van der Waals surface area contributed by atoms with Crippen molar-refractivity contribution in [3.05, 3.63) is 64.2 Å². The van der Waals surface area contributed by atoms with Crippen LogP contribution in [0.3, 0.4) is 0 Å². The van der Waals surface area contributed by atoms with Gasteiger partial charge in [-0.15, -0.1) is 0 Å². The molecule has 8 nitrogen and oxygen atoms in total. The van der Waals surface area contributed by atoms with Crippen molar-refractivity contribution in [3.8, 4) is 0 Å². The monoisotopic (exact) mass is 322 g/mol. The Labute approximate surface area is 136 Å². The Kier molecular flexibility index (Phi) is 3.70. The molecule has 0 saturated heterocycles. The smallest absolute Gasteiger partial charge is 0.267 e. The quantitative estimate of drug-likeness (QED) is 0.411. The molecule has 1 amide bonds. The summed E-state index contributed by atoms with van der Waals surface area (Å²) in [6.07, 6.45) is 1.44. The van der Waals surface area contributed by atoms with Crippen LogP contribution >= 0.6 is 0 Å². The van der Waals surface area contributed by atoms with Gasteiger partial charge in [-0.1, -0.05) is 6.07 Å². The maximum atomic E-state index is 11.8. The van der Waals surface area contributed by atoms with Gasteiger partial charge in [-0.05, 0) is 30.3 Å². The molecule has 8 heteroatoms. The number of amides is 1. The van der Waals surface area contributed by atoms with Gasteiger partial charge in [-0.3, -0.25) is 9.59 Å². The van der Waals surface area contributed by atoms with Gasteiger partial charge in [-0.2, -0.15) is 0 Å². The molecular weight excluding hydrogens is 308 g/mol. The molecule has 3 aromatic rings. The first-order valence-electron chi connectivity index (χ1n) is 6.98. The third-order valence-corrected chi connectivity index (χ3v) is 3.42. The van der Waals surface area contributed by atoms with Crippen molar-refractivity contribution in [2.24, 2.45) is 16.5 Å². The Morgan fingerprint density at radius 2 is 1.92 bits per heavy atom. The first-order chi connectivity index (χ1) is 11.5. The fourth-order valence-electron chi connectivity index (χ4n) is 2.27. The number of H-pyrrole nitrogens is 1. The zero-order chi connectivity index (χ0) is 17.3. The summed E-state index contributed by atoms with van der Waals surface area (Å²) < 4.78 is 0. The van der Waals surface area contributed by atoms with Crippen LogP contribution in [0.2, 0.25) is 0 Å². The Balaban J connectivity index is 2.05. The van der Waals surface area contributed by atoms with Crippen molar-refractivity contribution < 1.29 is 4.79 Å². The molecule has 3 rings (SSSR count). The van der Waals surface area contributed by atoms with Gasteiger partial charge in [0.05, 0.1) is 11.2 Å². The van der Waals surface area contributed by atoms with E-state index in [0.717, 1.165) is 5.39 Å². The largest absolute Gasteiger partial charge is 0.398 e. The average Bonchev–Trinajstić information content (AvgIpc) is 2.54. The van der Waals surface area contributed by atoms with Crippen molar-refractivity contribution in [2.75, 3.05) is 5.73 Å². The molecule has 24 heavy (non-hydrogen) atoms. The lowest BCUT2D eigenvalue weighted by molar-refractivity contribution is 0.0996. The molecule has 0 spiro atoms. The number of hydrogen-bond donors (Lipinski definition) is 4. The molecule has 0 aliphatic rings. The highest BCUT2D eigenvalue weighted by atomic mass is 16.1. The summed E-state index contributed by atoms with van der Waals surface area (Å²) in [5.41, 5.74) is 18.2. The number of amidine groups is 1. The first kappa shape index (κ1) is 15.2. The molecule has 0 aliphatic carbocycles. The van der Waals surface area contributed by atoms with E-state index in [2.05, 4.69) is 15.0 Å².